The molecule has 0 radical (unpaired) electrons. The van der Waals surface area contributed by atoms with Crippen molar-refractivity contribution >= 4 is 17.5 Å². The number of aromatic nitrogens is 3. The van der Waals surface area contributed by atoms with Gasteiger partial charge in [-0.2, -0.15) is 15.3 Å². The van der Waals surface area contributed by atoms with E-state index in [0.717, 1.165) is 11.4 Å². The fourth-order valence-electron chi connectivity index (χ4n) is 1.83. The molecular weight excluding hydrogens is 280 g/mol. The Labute approximate surface area is 126 Å². The number of nitrogens with one attached hydrogen (secondary N) is 2. The van der Waals surface area contributed by atoms with Crippen LogP contribution in [0, 0.1) is 11.3 Å². The van der Waals surface area contributed by atoms with Crippen molar-refractivity contribution < 1.29 is 4.42 Å². The Morgan fingerprint density at radius 3 is 3.00 bits per heavy atom. The second-order valence-electron chi connectivity index (χ2n) is 4.42. The number of furan rings is 1. The van der Waals surface area contributed by atoms with Gasteiger partial charge in [-0.3, -0.25) is 0 Å². The third kappa shape index (κ3) is 3.37. The van der Waals surface area contributed by atoms with Crippen LogP contribution in [0.3, 0.4) is 0 Å². The van der Waals surface area contributed by atoms with Gasteiger partial charge in [0.2, 0.25) is 5.95 Å². The largest absolute Gasteiger partial charge is 0.467 e. The molecule has 3 aromatic rings. The van der Waals surface area contributed by atoms with Crippen molar-refractivity contribution in [1.29, 1.82) is 5.26 Å². The van der Waals surface area contributed by atoms with Gasteiger partial charge in [0.15, 0.2) is 5.82 Å². The highest BCUT2D eigenvalue weighted by molar-refractivity contribution is 5.58. The van der Waals surface area contributed by atoms with E-state index in [0.29, 0.717) is 23.9 Å². The van der Waals surface area contributed by atoms with Gasteiger partial charge in [-0.25, -0.2) is 0 Å². The van der Waals surface area contributed by atoms with Gasteiger partial charge in [-0.05, 0) is 30.3 Å². The second kappa shape index (κ2) is 6.37. The first-order valence-electron chi connectivity index (χ1n) is 6.56. The second-order valence-corrected chi connectivity index (χ2v) is 4.42. The summed E-state index contributed by atoms with van der Waals surface area (Å²) in [6.07, 6.45) is 3.12. The molecule has 7 heteroatoms. The average Bonchev–Trinajstić information content (AvgIpc) is 3.07. The van der Waals surface area contributed by atoms with Crippen LogP contribution in [-0.2, 0) is 6.54 Å². The van der Waals surface area contributed by atoms with E-state index in [1.54, 1.807) is 24.5 Å². The fourth-order valence-corrected chi connectivity index (χ4v) is 1.83. The van der Waals surface area contributed by atoms with Crippen molar-refractivity contribution in [3.05, 3.63) is 60.2 Å². The molecule has 3 rings (SSSR count). The van der Waals surface area contributed by atoms with Crippen LogP contribution in [0.15, 0.2) is 53.3 Å². The molecule has 108 valence electrons. The minimum absolute atomic E-state index is 0.387. The van der Waals surface area contributed by atoms with Gasteiger partial charge in [0.25, 0.3) is 0 Å². The molecular formula is C15H12N6O. The lowest BCUT2D eigenvalue weighted by atomic mass is 10.2. The summed E-state index contributed by atoms with van der Waals surface area (Å²) in [5.74, 6) is 1.70. The van der Waals surface area contributed by atoms with Crippen molar-refractivity contribution in [2.45, 2.75) is 6.54 Å². The Morgan fingerprint density at radius 2 is 2.18 bits per heavy atom. The lowest BCUT2D eigenvalue weighted by Gasteiger charge is -2.07. The van der Waals surface area contributed by atoms with Crippen molar-refractivity contribution in [1.82, 2.24) is 15.2 Å². The monoisotopic (exact) mass is 292 g/mol. The molecule has 22 heavy (non-hydrogen) atoms. The number of hydrogen-bond acceptors (Lipinski definition) is 7. The van der Waals surface area contributed by atoms with E-state index in [4.69, 9.17) is 9.68 Å². The summed E-state index contributed by atoms with van der Waals surface area (Å²) in [6, 6.07) is 12.9. The molecule has 0 aliphatic rings. The first kappa shape index (κ1) is 13.6. The molecule has 0 saturated carbocycles. The topological polar surface area (TPSA) is 99.7 Å². The van der Waals surface area contributed by atoms with Gasteiger partial charge in [-0.15, -0.1) is 5.10 Å². The molecule has 0 aliphatic heterocycles. The molecule has 7 nitrogen and oxygen atoms in total. The van der Waals surface area contributed by atoms with Crippen LogP contribution in [0.2, 0.25) is 0 Å². The first-order valence-corrected chi connectivity index (χ1v) is 6.56. The minimum atomic E-state index is 0.387. The molecule has 0 bridgehead atoms. The Balaban J connectivity index is 1.69. The van der Waals surface area contributed by atoms with Gasteiger partial charge < -0.3 is 15.1 Å². The third-order valence-electron chi connectivity index (χ3n) is 2.82. The number of rotatable bonds is 5. The third-order valence-corrected chi connectivity index (χ3v) is 2.82. The maximum atomic E-state index is 8.90. The summed E-state index contributed by atoms with van der Waals surface area (Å²) in [4.78, 5) is 4.30. The van der Waals surface area contributed by atoms with Crippen LogP contribution >= 0.6 is 0 Å². The Kier molecular flexibility index (Phi) is 3.93. The van der Waals surface area contributed by atoms with Gasteiger partial charge in [0, 0.05) is 5.69 Å². The lowest BCUT2D eigenvalue weighted by molar-refractivity contribution is 0.517. The Morgan fingerprint density at radius 1 is 1.23 bits per heavy atom. The van der Waals surface area contributed by atoms with Gasteiger partial charge in [-0.1, -0.05) is 6.07 Å². The Bertz CT molecular complexity index is 794. The van der Waals surface area contributed by atoms with Crippen molar-refractivity contribution in [2.24, 2.45) is 0 Å². The number of benzene rings is 1. The Hall–Kier alpha value is -3.40. The van der Waals surface area contributed by atoms with E-state index in [2.05, 4.69) is 31.9 Å². The molecule has 2 aromatic heterocycles. The minimum Gasteiger partial charge on any atom is -0.467 e. The lowest BCUT2D eigenvalue weighted by Crippen LogP contribution is -2.05. The highest BCUT2D eigenvalue weighted by Gasteiger charge is 2.03. The molecule has 0 amide bonds. The van der Waals surface area contributed by atoms with Crippen LogP contribution in [-0.4, -0.2) is 15.2 Å². The van der Waals surface area contributed by atoms with Crippen LogP contribution in [0.4, 0.5) is 17.5 Å². The standard InChI is InChI=1S/C15H12N6O/c16-8-11-3-1-4-12(7-11)19-14-10-18-21-15(20-14)17-9-13-5-2-6-22-13/h1-7,10H,9H2,(H2,17,19,20,21). The number of nitrogens with zero attached hydrogens (tertiary/aromatic N) is 4. The molecule has 2 heterocycles. The summed E-state index contributed by atoms with van der Waals surface area (Å²) >= 11 is 0. The average molecular weight is 292 g/mol. The van der Waals surface area contributed by atoms with Crippen molar-refractivity contribution in [3.8, 4) is 6.07 Å². The van der Waals surface area contributed by atoms with Crippen LogP contribution in [0.25, 0.3) is 0 Å². The SMILES string of the molecule is N#Cc1cccc(Nc2cnnc(NCc3ccco3)n2)c1. The summed E-state index contributed by atoms with van der Waals surface area (Å²) in [6.45, 7) is 0.474. The summed E-state index contributed by atoms with van der Waals surface area (Å²) in [7, 11) is 0. The zero-order valence-electron chi connectivity index (χ0n) is 11.5. The normalized spacial score (nSPS) is 9.95. The first-order chi connectivity index (χ1) is 10.8. The number of hydrogen-bond donors (Lipinski definition) is 2. The van der Waals surface area contributed by atoms with Crippen LogP contribution < -0.4 is 10.6 Å². The zero-order valence-corrected chi connectivity index (χ0v) is 11.5. The molecule has 0 aliphatic carbocycles. The van der Waals surface area contributed by atoms with Crippen molar-refractivity contribution in [3.63, 3.8) is 0 Å². The predicted molar refractivity (Wildman–Crippen MR) is 80.3 cm³/mol. The molecule has 1 aromatic carbocycles. The maximum absolute atomic E-state index is 8.90. The summed E-state index contributed by atoms with van der Waals surface area (Å²) in [5, 5.41) is 22.8. The van der Waals surface area contributed by atoms with Crippen molar-refractivity contribution in [2.75, 3.05) is 10.6 Å². The molecule has 0 atom stereocenters. The van der Waals surface area contributed by atoms with Gasteiger partial charge in [0.1, 0.15) is 5.76 Å². The summed E-state index contributed by atoms with van der Waals surface area (Å²) in [5.41, 5.74) is 1.33. The van der Waals surface area contributed by atoms with Gasteiger partial charge in [0.05, 0.1) is 30.6 Å². The molecule has 0 unspecified atom stereocenters. The smallest absolute Gasteiger partial charge is 0.245 e. The predicted octanol–water partition coefficient (Wildman–Crippen LogP) is 2.69. The van der Waals surface area contributed by atoms with Crippen LogP contribution in [0.5, 0.6) is 0 Å². The zero-order chi connectivity index (χ0) is 15.2. The maximum Gasteiger partial charge on any atom is 0.245 e. The van der Waals surface area contributed by atoms with E-state index in [9.17, 15) is 0 Å². The number of anilines is 3. The van der Waals surface area contributed by atoms with E-state index in [1.807, 2.05) is 18.2 Å². The quantitative estimate of drug-likeness (QED) is 0.745. The molecule has 2 N–H and O–H groups in total. The highest BCUT2D eigenvalue weighted by Crippen LogP contribution is 2.15. The van der Waals surface area contributed by atoms with Crippen LogP contribution in [0.1, 0.15) is 11.3 Å². The van der Waals surface area contributed by atoms with E-state index in [-0.39, 0.29) is 0 Å². The summed E-state index contributed by atoms with van der Waals surface area (Å²) < 4.78 is 5.22. The fraction of sp³-hybridized carbons (Fsp3) is 0.0667. The van der Waals surface area contributed by atoms with Gasteiger partial charge >= 0.3 is 0 Å². The van der Waals surface area contributed by atoms with E-state index in [1.165, 1.54) is 6.20 Å². The molecule has 0 saturated heterocycles. The van der Waals surface area contributed by atoms with E-state index >= 15 is 0 Å². The van der Waals surface area contributed by atoms with E-state index < -0.39 is 0 Å². The number of nitriles is 1. The molecule has 0 spiro atoms. The highest BCUT2D eigenvalue weighted by atomic mass is 16.3. The molecule has 0 fully saturated rings.